The van der Waals surface area contributed by atoms with Crippen molar-refractivity contribution in [1.29, 1.82) is 0 Å². The largest absolute Gasteiger partial charge is 0.416 e. The molecule has 1 heterocycles. The molecule has 3 rings (SSSR count). The van der Waals surface area contributed by atoms with Crippen LogP contribution < -0.4 is 10.2 Å². The maximum Gasteiger partial charge on any atom is 0.416 e. The molecule has 0 aromatic heterocycles. The fraction of sp³-hybridized carbons (Fsp3) is 0.458. The van der Waals surface area contributed by atoms with Crippen LogP contribution in [0.3, 0.4) is 0 Å². The number of halogens is 3. The second-order valence-electron chi connectivity index (χ2n) is 9.39. The van der Waals surface area contributed by atoms with Crippen LogP contribution in [-0.2, 0) is 23.9 Å². The van der Waals surface area contributed by atoms with E-state index in [4.69, 9.17) is 0 Å². The van der Waals surface area contributed by atoms with Crippen LogP contribution in [0.2, 0.25) is 0 Å². The highest BCUT2D eigenvalue weighted by Gasteiger charge is 2.31. The molecule has 0 fully saturated rings. The third kappa shape index (κ3) is 5.15. The lowest BCUT2D eigenvalue weighted by Crippen LogP contribution is -2.31. The molecule has 0 bridgehead atoms. The van der Waals surface area contributed by atoms with Gasteiger partial charge in [-0.3, -0.25) is 4.79 Å². The molecule has 0 radical (unpaired) electrons. The maximum atomic E-state index is 13.0. The van der Waals surface area contributed by atoms with Crippen molar-refractivity contribution in [3.63, 3.8) is 0 Å². The lowest BCUT2D eigenvalue weighted by Gasteiger charge is -2.32. The van der Waals surface area contributed by atoms with E-state index in [-0.39, 0.29) is 11.3 Å². The molecule has 30 heavy (non-hydrogen) atoms. The average molecular weight is 419 g/mol. The molecule has 1 amide bonds. The zero-order valence-corrected chi connectivity index (χ0v) is 18.2. The van der Waals surface area contributed by atoms with Crippen LogP contribution >= 0.6 is 0 Å². The lowest BCUT2D eigenvalue weighted by molar-refractivity contribution is -0.137. The molecule has 0 spiro atoms. The molecule has 0 saturated carbocycles. The maximum absolute atomic E-state index is 13.0. The number of amides is 1. The number of nitrogens with zero attached hydrogens (tertiary/aromatic N) is 1. The Balaban J connectivity index is 1.79. The van der Waals surface area contributed by atoms with Gasteiger partial charge in [0.25, 0.3) is 0 Å². The Morgan fingerprint density at radius 1 is 1.03 bits per heavy atom. The van der Waals surface area contributed by atoms with Gasteiger partial charge in [-0.25, -0.2) is 0 Å². The molecule has 3 nitrogen and oxygen atoms in total. The van der Waals surface area contributed by atoms with Crippen LogP contribution in [0.15, 0.2) is 30.3 Å². The van der Waals surface area contributed by atoms with Crippen LogP contribution in [0.25, 0.3) is 0 Å². The third-order valence-corrected chi connectivity index (χ3v) is 5.38. The fourth-order valence-corrected chi connectivity index (χ4v) is 3.94. The van der Waals surface area contributed by atoms with Crippen molar-refractivity contribution in [2.75, 3.05) is 16.8 Å². The number of alkyl halides is 3. The van der Waals surface area contributed by atoms with Crippen LogP contribution in [0, 0.1) is 19.3 Å². The summed E-state index contributed by atoms with van der Waals surface area (Å²) < 4.78 is 38.9. The summed E-state index contributed by atoms with van der Waals surface area (Å²) in [5, 5.41) is 3.04. The first-order valence-electron chi connectivity index (χ1n) is 10.2. The molecular formula is C24H29F3N2O. The van der Waals surface area contributed by atoms with Crippen molar-refractivity contribution in [3.05, 3.63) is 58.1 Å². The highest BCUT2D eigenvalue weighted by Crippen LogP contribution is 2.34. The first-order valence-corrected chi connectivity index (χ1v) is 10.2. The number of fused-ring (bicyclic) bond motifs is 1. The topological polar surface area (TPSA) is 32.3 Å². The third-order valence-electron chi connectivity index (χ3n) is 5.38. The Bertz CT molecular complexity index is 935. The molecule has 2 aromatic carbocycles. The number of aryl methyl sites for hydroxylation is 2. The smallest absolute Gasteiger partial charge is 0.367 e. The Kier molecular flexibility index (Phi) is 5.89. The first kappa shape index (κ1) is 22.2. The van der Waals surface area contributed by atoms with E-state index in [1.807, 2.05) is 46.8 Å². The Morgan fingerprint density at radius 3 is 2.23 bits per heavy atom. The van der Waals surface area contributed by atoms with Gasteiger partial charge in [-0.2, -0.15) is 13.2 Å². The van der Waals surface area contributed by atoms with Gasteiger partial charge in [0.2, 0.25) is 5.91 Å². The standard InChI is InChI=1S/C24H29F3N2O/c1-15-10-20(11-16(2)22(15)28-21(30)13-23(3,4)5)29-9-8-17-12-19(24(25,26)27)7-6-18(17)14-29/h6-7,10-12H,8-9,13-14H2,1-5H3,(H,28,30). The van der Waals surface area contributed by atoms with E-state index in [1.165, 1.54) is 6.07 Å². The molecule has 0 atom stereocenters. The minimum atomic E-state index is -4.31. The molecule has 1 aliphatic rings. The van der Waals surface area contributed by atoms with Crippen LogP contribution in [0.1, 0.15) is 55.0 Å². The van der Waals surface area contributed by atoms with Crippen molar-refractivity contribution in [2.45, 2.75) is 60.2 Å². The monoisotopic (exact) mass is 418 g/mol. The molecule has 6 heteroatoms. The summed E-state index contributed by atoms with van der Waals surface area (Å²) in [6.07, 6.45) is -3.30. The van der Waals surface area contributed by atoms with Crippen LogP contribution in [-0.4, -0.2) is 12.5 Å². The number of rotatable bonds is 3. The fourth-order valence-electron chi connectivity index (χ4n) is 3.94. The van der Waals surface area contributed by atoms with Gasteiger partial charge in [-0.15, -0.1) is 0 Å². The predicted octanol–water partition coefficient (Wildman–Crippen LogP) is 6.26. The van der Waals surface area contributed by atoms with Gasteiger partial charge in [0, 0.05) is 30.9 Å². The van der Waals surface area contributed by atoms with E-state index in [0.717, 1.165) is 39.7 Å². The van der Waals surface area contributed by atoms with Crippen molar-refractivity contribution in [1.82, 2.24) is 0 Å². The highest BCUT2D eigenvalue weighted by atomic mass is 19.4. The molecule has 0 unspecified atom stereocenters. The van der Waals surface area contributed by atoms with E-state index in [0.29, 0.717) is 25.9 Å². The summed E-state index contributed by atoms with van der Waals surface area (Å²) in [5.41, 5.74) is 4.82. The van der Waals surface area contributed by atoms with Gasteiger partial charge < -0.3 is 10.2 Å². The van der Waals surface area contributed by atoms with Crippen molar-refractivity contribution in [2.24, 2.45) is 5.41 Å². The number of carbonyl (C=O) groups is 1. The van der Waals surface area contributed by atoms with Gasteiger partial charge in [0.1, 0.15) is 0 Å². The average Bonchev–Trinajstić information content (AvgIpc) is 2.61. The quantitative estimate of drug-likeness (QED) is 0.638. The molecule has 2 aromatic rings. The van der Waals surface area contributed by atoms with Gasteiger partial charge in [-0.1, -0.05) is 26.8 Å². The Labute approximate surface area is 176 Å². The summed E-state index contributed by atoms with van der Waals surface area (Å²) >= 11 is 0. The zero-order chi connectivity index (χ0) is 22.3. The van der Waals surface area contributed by atoms with Gasteiger partial charge in [-0.05, 0) is 72.2 Å². The van der Waals surface area contributed by atoms with E-state index >= 15 is 0 Å². The summed E-state index contributed by atoms with van der Waals surface area (Å²) in [6.45, 7) is 11.3. The Hall–Kier alpha value is -2.50. The molecule has 162 valence electrons. The number of benzene rings is 2. The zero-order valence-electron chi connectivity index (χ0n) is 18.2. The van der Waals surface area contributed by atoms with Crippen LogP contribution in [0.4, 0.5) is 24.5 Å². The second kappa shape index (κ2) is 7.97. The van der Waals surface area contributed by atoms with Gasteiger partial charge >= 0.3 is 6.18 Å². The van der Waals surface area contributed by atoms with Gasteiger partial charge in [0.15, 0.2) is 0 Å². The summed E-state index contributed by atoms with van der Waals surface area (Å²) in [6, 6.07) is 8.10. The van der Waals surface area contributed by atoms with Crippen LogP contribution in [0.5, 0.6) is 0 Å². The number of hydrogen-bond acceptors (Lipinski definition) is 2. The molecule has 0 aliphatic carbocycles. The number of carbonyl (C=O) groups excluding carboxylic acids is 1. The van der Waals surface area contributed by atoms with E-state index in [1.54, 1.807) is 6.07 Å². The van der Waals surface area contributed by atoms with E-state index < -0.39 is 11.7 Å². The Morgan fingerprint density at radius 2 is 1.67 bits per heavy atom. The summed E-state index contributed by atoms with van der Waals surface area (Å²) in [4.78, 5) is 14.5. The summed E-state index contributed by atoms with van der Waals surface area (Å²) in [5.74, 6) is -0.00572. The number of hydrogen-bond donors (Lipinski definition) is 1. The molecule has 0 saturated heterocycles. The highest BCUT2D eigenvalue weighted by molar-refractivity contribution is 5.93. The minimum Gasteiger partial charge on any atom is -0.367 e. The van der Waals surface area contributed by atoms with Crippen molar-refractivity contribution in [3.8, 4) is 0 Å². The van der Waals surface area contributed by atoms with Gasteiger partial charge in [0.05, 0.1) is 5.56 Å². The molecule has 1 N–H and O–H groups in total. The molecular weight excluding hydrogens is 389 g/mol. The first-order chi connectivity index (χ1) is 13.8. The molecule has 1 aliphatic heterocycles. The lowest BCUT2D eigenvalue weighted by atomic mass is 9.92. The van der Waals surface area contributed by atoms with Crippen molar-refractivity contribution >= 4 is 17.3 Å². The second-order valence-corrected chi connectivity index (χ2v) is 9.39. The minimum absolute atomic E-state index is 0.00572. The SMILES string of the molecule is Cc1cc(N2CCc3cc(C(F)(F)F)ccc3C2)cc(C)c1NC(=O)CC(C)(C)C. The van der Waals surface area contributed by atoms with E-state index in [2.05, 4.69) is 10.2 Å². The number of anilines is 2. The summed E-state index contributed by atoms with van der Waals surface area (Å²) in [7, 11) is 0. The number of nitrogens with one attached hydrogen (secondary N) is 1. The normalized spacial score (nSPS) is 14.5. The predicted molar refractivity (Wildman–Crippen MR) is 115 cm³/mol. The van der Waals surface area contributed by atoms with E-state index in [9.17, 15) is 18.0 Å². The van der Waals surface area contributed by atoms with Crippen molar-refractivity contribution < 1.29 is 18.0 Å².